The maximum Gasteiger partial charge on any atom is 0.160 e. The third-order valence-corrected chi connectivity index (χ3v) is 3.09. The van der Waals surface area contributed by atoms with Gasteiger partial charge in [0.05, 0.1) is 12.1 Å². The van der Waals surface area contributed by atoms with Gasteiger partial charge >= 0.3 is 0 Å². The zero-order valence-corrected chi connectivity index (χ0v) is 12.2. The summed E-state index contributed by atoms with van der Waals surface area (Å²) >= 11 is 5.88. The molecule has 20 heavy (non-hydrogen) atoms. The van der Waals surface area contributed by atoms with Gasteiger partial charge < -0.3 is 4.74 Å². The van der Waals surface area contributed by atoms with Gasteiger partial charge in [-0.1, -0.05) is 32.0 Å². The molecule has 2 aromatic rings. The molecule has 1 aromatic carbocycles. The van der Waals surface area contributed by atoms with Crippen LogP contribution in [0.2, 0.25) is 0 Å². The molecule has 5 heteroatoms. The first kappa shape index (κ1) is 14.7. The summed E-state index contributed by atoms with van der Waals surface area (Å²) in [6, 6.07) is 6.49. The Kier molecular flexibility index (Phi) is 4.90. The lowest BCUT2D eigenvalue weighted by Gasteiger charge is -2.11. The van der Waals surface area contributed by atoms with Crippen molar-refractivity contribution in [3.63, 3.8) is 0 Å². The van der Waals surface area contributed by atoms with Gasteiger partial charge in [-0.25, -0.2) is 14.4 Å². The summed E-state index contributed by atoms with van der Waals surface area (Å²) in [4.78, 5) is 8.60. The van der Waals surface area contributed by atoms with Gasteiger partial charge in [0.2, 0.25) is 0 Å². The van der Waals surface area contributed by atoms with Gasteiger partial charge in [-0.15, -0.1) is 11.6 Å². The van der Waals surface area contributed by atoms with Crippen molar-refractivity contribution in [1.29, 1.82) is 0 Å². The molecule has 1 aromatic heterocycles. The Balaban J connectivity index is 2.15. The molecule has 0 fully saturated rings. The first-order valence-electron chi connectivity index (χ1n) is 6.39. The van der Waals surface area contributed by atoms with Crippen LogP contribution in [0.5, 0.6) is 5.75 Å². The lowest BCUT2D eigenvalue weighted by Crippen LogP contribution is -2.05. The second-order valence-corrected chi connectivity index (χ2v) is 4.97. The smallest absolute Gasteiger partial charge is 0.160 e. The van der Waals surface area contributed by atoms with Gasteiger partial charge in [-0.3, -0.25) is 0 Å². The van der Waals surface area contributed by atoms with E-state index in [-0.39, 0.29) is 24.2 Å². The van der Waals surface area contributed by atoms with E-state index in [0.717, 1.165) is 5.82 Å². The highest BCUT2D eigenvalue weighted by Gasteiger charge is 2.11. The van der Waals surface area contributed by atoms with Crippen LogP contribution < -0.4 is 4.74 Å². The molecule has 2 rings (SSSR count). The molecule has 0 aliphatic heterocycles. The highest BCUT2D eigenvalue weighted by Crippen LogP contribution is 2.21. The quantitative estimate of drug-likeness (QED) is 0.780. The van der Waals surface area contributed by atoms with Crippen LogP contribution in [0.1, 0.15) is 36.8 Å². The number of aromatic nitrogens is 2. The van der Waals surface area contributed by atoms with Gasteiger partial charge in [-0.05, 0) is 6.07 Å². The van der Waals surface area contributed by atoms with E-state index < -0.39 is 0 Å². The summed E-state index contributed by atoms with van der Waals surface area (Å²) in [5.41, 5.74) is 1.11. The molecule has 0 unspecified atom stereocenters. The average Bonchev–Trinajstić information content (AvgIpc) is 2.46. The van der Waals surface area contributed by atoms with E-state index in [2.05, 4.69) is 9.97 Å². The van der Waals surface area contributed by atoms with E-state index in [0.29, 0.717) is 17.0 Å². The summed E-state index contributed by atoms with van der Waals surface area (Å²) in [7, 11) is 0. The highest BCUT2D eigenvalue weighted by atomic mass is 35.5. The van der Waals surface area contributed by atoms with Crippen molar-refractivity contribution >= 4 is 11.6 Å². The second-order valence-electron chi connectivity index (χ2n) is 4.71. The van der Waals surface area contributed by atoms with E-state index in [4.69, 9.17) is 16.3 Å². The van der Waals surface area contributed by atoms with E-state index >= 15 is 0 Å². The van der Waals surface area contributed by atoms with Crippen molar-refractivity contribution in [2.24, 2.45) is 0 Å². The number of halogens is 2. The molecule has 0 aliphatic rings. The van der Waals surface area contributed by atoms with Gasteiger partial charge in [0.25, 0.3) is 0 Å². The number of benzene rings is 1. The van der Waals surface area contributed by atoms with Gasteiger partial charge in [0, 0.05) is 11.5 Å². The number of nitrogens with zero attached hydrogens (tertiary/aromatic N) is 2. The molecule has 0 saturated carbocycles. The monoisotopic (exact) mass is 294 g/mol. The van der Waals surface area contributed by atoms with E-state index in [1.807, 2.05) is 13.8 Å². The van der Waals surface area contributed by atoms with Crippen molar-refractivity contribution in [3.8, 4) is 5.75 Å². The minimum Gasteiger partial charge on any atom is -0.485 e. The Morgan fingerprint density at radius 2 is 2.05 bits per heavy atom. The molecule has 0 aliphatic carbocycles. The minimum atomic E-state index is -0.292. The molecule has 0 bridgehead atoms. The molecule has 0 spiro atoms. The maximum absolute atomic E-state index is 13.5. The SMILES string of the molecule is CC(C)c1ncc(OCc2ccccc2F)c(CCl)n1. The Morgan fingerprint density at radius 3 is 2.70 bits per heavy atom. The van der Waals surface area contributed by atoms with Gasteiger partial charge in [-0.2, -0.15) is 0 Å². The standard InChI is InChI=1S/C15H16ClFN2O/c1-10(2)15-18-8-14(13(7-16)19-15)20-9-11-5-3-4-6-12(11)17/h3-6,8,10H,7,9H2,1-2H3. The Bertz CT molecular complexity index is 590. The van der Waals surface area contributed by atoms with Crippen molar-refractivity contribution in [2.45, 2.75) is 32.3 Å². The Labute approximate surface area is 122 Å². The van der Waals surface area contributed by atoms with Gasteiger partial charge in [0.15, 0.2) is 5.75 Å². The molecule has 0 N–H and O–H groups in total. The topological polar surface area (TPSA) is 35.0 Å². The summed E-state index contributed by atoms with van der Waals surface area (Å²) in [6.45, 7) is 4.14. The third-order valence-electron chi connectivity index (χ3n) is 2.83. The number of rotatable bonds is 5. The zero-order valence-electron chi connectivity index (χ0n) is 11.4. The van der Waals surface area contributed by atoms with Crippen LogP contribution in [0.4, 0.5) is 4.39 Å². The predicted molar refractivity (Wildman–Crippen MR) is 76.4 cm³/mol. The highest BCUT2D eigenvalue weighted by molar-refractivity contribution is 6.17. The van der Waals surface area contributed by atoms with Crippen LogP contribution >= 0.6 is 11.6 Å². The lowest BCUT2D eigenvalue weighted by atomic mass is 10.2. The van der Waals surface area contributed by atoms with Crippen molar-refractivity contribution in [1.82, 2.24) is 9.97 Å². The zero-order chi connectivity index (χ0) is 14.5. The first-order chi connectivity index (χ1) is 9.61. The summed E-state index contributed by atoms with van der Waals surface area (Å²) in [5, 5.41) is 0. The molecule has 3 nitrogen and oxygen atoms in total. The van der Waals surface area contributed by atoms with Crippen molar-refractivity contribution in [2.75, 3.05) is 0 Å². The first-order valence-corrected chi connectivity index (χ1v) is 6.93. The average molecular weight is 295 g/mol. The fourth-order valence-electron chi connectivity index (χ4n) is 1.69. The van der Waals surface area contributed by atoms with E-state index in [1.54, 1.807) is 24.4 Å². The molecule has 1 heterocycles. The Hall–Kier alpha value is -1.68. The normalized spacial score (nSPS) is 10.8. The van der Waals surface area contributed by atoms with E-state index in [9.17, 15) is 4.39 Å². The summed E-state index contributed by atoms with van der Waals surface area (Å²) in [6.07, 6.45) is 1.60. The summed E-state index contributed by atoms with van der Waals surface area (Å²) < 4.78 is 19.1. The van der Waals surface area contributed by atoms with E-state index in [1.165, 1.54) is 6.07 Å². The van der Waals surface area contributed by atoms with Crippen LogP contribution in [0.15, 0.2) is 30.5 Å². The summed E-state index contributed by atoms with van der Waals surface area (Å²) in [5.74, 6) is 1.37. The molecule has 0 radical (unpaired) electrons. The maximum atomic E-state index is 13.5. The molecular weight excluding hydrogens is 279 g/mol. The van der Waals surface area contributed by atoms with Crippen molar-refractivity contribution < 1.29 is 9.13 Å². The van der Waals surface area contributed by atoms with Gasteiger partial charge in [0.1, 0.15) is 23.9 Å². The van der Waals surface area contributed by atoms with Crippen molar-refractivity contribution in [3.05, 3.63) is 53.4 Å². The predicted octanol–water partition coefficient (Wildman–Crippen LogP) is 4.06. The number of hydrogen-bond acceptors (Lipinski definition) is 3. The third kappa shape index (κ3) is 3.45. The molecule has 0 saturated heterocycles. The molecular formula is C15H16ClFN2O. The fourth-order valence-corrected chi connectivity index (χ4v) is 1.88. The molecule has 0 amide bonds. The van der Waals surface area contributed by atoms with Crippen LogP contribution in [0.25, 0.3) is 0 Å². The van der Waals surface area contributed by atoms with Crippen LogP contribution in [0.3, 0.4) is 0 Å². The van der Waals surface area contributed by atoms with Crippen LogP contribution in [0, 0.1) is 5.82 Å². The number of ether oxygens (including phenoxy) is 1. The number of alkyl halides is 1. The number of hydrogen-bond donors (Lipinski definition) is 0. The fraction of sp³-hybridized carbons (Fsp3) is 0.333. The minimum absolute atomic E-state index is 0.126. The Morgan fingerprint density at radius 1 is 1.30 bits per heavy atom. The largest absolute Gasteiger partial charge is 0.485 e. The second kappa shape index (κ2) is 6.66. The van der Waals surface area contributed by atoms with Crippen LogP contribution in [-0.4, -0.2) is 9.97 Å². The molecule has 106 valence electrons. The molecule has 0 atom stereocenters. The van der Waals surface area contributed by atoms with Crippen LogP contribution in [-0.2, 0) is 12.5 Å². The lowest BCUT2D eigenvalue weighted by molar-refractivity contribution is 0.294.